The van der Waals surface area contributed by atoms with Crippen molar-refractivity contribution in [3.8, 4) is 0 Å². The topological polar surface area (TPSA) is 71.1 Å². The second-order valence-electron chi connectivity index (χ2n) is 6.27. The van der Waals surface area contributed by atoms with Crippen molar-refractivity contribution in [2.24, 2.45) is 5.92 Å². The summed E-state index contributed by atoms with van der Waals surface area (Å²) in [5.41, 5.74) is 3.19. The largest absolute Gasteiger partial charge is 0.345 e. The second-order valence-corrected chi connectivity index (χ2v) is 6.27. The average molecular weight is 323 g/mol. The summed E-state index contributed by atoms with van der Waals surface area (Å²) >= 11 is 0. The lowest BCUT2D eigenvalue weighted by atomic mass is 10.1. The number of benzene rings is 1. The van der Waals surface area contributed by atoms with Gasteiger partial charge in [-0.25, -0.2) is 0 Å². The van der Waals surface area contributed by atoms with E-state index in [1.165, 1.54) is 0 Å². The minimum absolute atomic E-state index is 0.0935. The van der Waals surface area contributed by atoms with E-state index < -0.39 is 0 Å². The van der Waals surface area contributed by atoms with Gasteiger partial charge in [0.2, 0.25) is 5.91 Å². The maximum Gasteiger partial charge on any atom is 0.253 e. The van der Waals surface area contributed by atoms with Gasteiger partial charge in [-0.2, -0.15) is 0 Å². The Hall–Kier alpha value is -2.69. The number of carbonyl (C=O) groups is 2. The molecule has 1 aliphatic rings. The second kappa shape index (κ2) is 6.83. The highest BCUT2D eigenvalue weighted by Crippen LogP contribution is 2.30. The fourth-order valence-electron chi connectivity index (χ4n) is 2.41. The van der Waals surface area contributed by atoms with Gasteiger partial charge in [0.1, 0.15) is 0 Å². The first kappa shape index (κ1) is 16.2. The van der Waals surface area contributed by atoms with Crippen molar-refractivity contribution in [2.75, 3.05) is 5.32 Å². The molecular weight excluding hydrogens is 302 g/mol. The van der Waals surface area contributed by atoms with Gasteiger partial charge in [0.25, 0.3) is 5.91 Å². The van der Waals surface area contributed by atoms with Crippen molar-refractivity contribution in [3.05, 3.63) is 59.4 Å². The van der Waals surface area contributed by atoms with Crippen LogP contribution < -0.4 is 10.6 Å². The van der Waals surface area contributed by atoms with E-state index in [4.69, 9.17) is 0 Å². The van der Waals surface area contributed by atoms with Gasteiger partial charge in [-0.3, -0.25) is 14.6 Å². The Morgan fingerprint density at radius 1 is 1.12 bits per heavy atom. The van der Waals surface area contributed by atoms with Crippen molar-refractivity contribution in [1.29, 1.82) is 0 Å². The summed E-state index contributed by atoms with van der Waals surface area (Å²) in [6.07, 6.45) is 3.55. The monoisotopic (exact) mass is 323 g/mol. The number of pyridine rings is 1. The van der Waals surface area contributed by atoms with E-state index >= 15 is 0 Å². The van der Waals surface area contributed by atoms with E-state index in [9.17, 15) is 9.59 Å². The molecule has 3 rings (SSSR count). The third-order valence-electron chi connectivity index (χ3n) is 4.15. The fraction of sp³-hybridized carbons (Fsp3) is 0.316. The number of hydrogen-bond donors (Lipinski definition) is 2. The molecule has 1 atom stereocenters. The number of rotatable bonds is 5. The molecule has 2 aromatic rings. The van der Waals surface area contributed by atoms with Crippen molar-refractivity contribution >= 4 is 17.5 Å². The van der Waals surface area contributed by atoms with Crippen LogP contribution in [0, 0.1) is 12.8 Å². The standard InChI is InChI=1S/C19H21N3O2/c1-12-3-4-16(11-20-12)19(24)21-13(2)14-7-9-17(10-8-14)22-18(23)15-5-6-15/h3-4,7-11,13,15H,5-6H2,1-2H3,(H,21,24)(H,22,23)/t13-/m0/s1. The van der Waals surface area contributed by atoms with Crippen LogP contribution >= 0.6 is 0 Å². The number of nitrogens with zero attached hydrogens (tertiary/aromatic N) is 1. The summed E-state index contributed by atoms with van der Waals surface area (Å²) in [6, 6.07) is 11.0. The van der Waals surface area contributed by atoms with Crippen LogP contribution in [0.1, 0.15) is 47.4 Å². The van der Waals surface area contributed by atoms with Gasteiger partial charge in [-0.1, -0.05) is 12.1 Å². The lowest BCUT2D eigenvalue weighted by Gasteiger charge is -2.15. The lowest BCUT2D eigenvalue weighted by Crippen LogP contribution is -2.26. The predicted octanol–water partition coefficient (Wildman–Crippen LogP) is 3.23. The van der Waals surface area contributed by atoms with Crippen molar-refractivity contribution in [1.82, 2.24) is 10.3 Å². The van der Waals surface area contributed by atoms with Gasteiger partial charge >= 0.3 is 0 Å². The normalized spacial score (nSPS) is 14.8. The smallest absolute Gasteiger partial charge is 0.253 e. The van der Waals surface area contributed by atoms with Crippen LogP contribution in [0.5, 0.6) is 0 Å². The van der Waals surface area contributed by atoms with Gasteiger partial charge < -0.3 is 10.6 Å². The predicted molar refractivity (Wildman–Crippen MR) is 92.7 cm³/mol. The van der Waals surface area contributed by atoms with Crippen LogP contribution in [-0.4, -0.2) is 16.8 Å². The molecule has 1 aromatic heterocycles. The molecule has 0 saturated heterocycles. The Morgan fingerprint density at radius 2 is 1.83 bits per heavy atom. The maximum absolute atomic E-state index is 12.2. The Labute approximate surface area is 141 Å². The molecule has 0 bridgehead atoms. The summed E-state index contributed by atoms with van der Waals surface area (Å²) in [7, 11) is 0. The fourth-order valence-corrected chi connectivity index (χ4v) is 2.41. The highest BCUT2D eigenvalue weighted by molar-refractivity contribution is 5.94. The number of aromatic nitrogens is 1. The van der Waals surface area contributed by atoms with E-state index in [2.05, 4.69) is 15.6 Å². The van der Waals surface area contributed by atoms with Crippen molar-refractivity contribution < 1.29 is 9.59 Å². The Balaban J connectivity index is 1.59. The van der Waals surface area contributed by atoms with Gasteiger partial charge in [0, 0.05) is 23.5 Å². The minimum atomic E-state index is -0.152. The van der Waals surface area contributed by atoms with Gasteiger partial charge in [-0.05, 0) is 56.5 Å². The first-order chi connectivity index (χ1) is 11.5. The zero-order chi connectivity index (χ0) is 17.1. The molecule has 0 unspecified atom stereocenters. The van der Waals surface area contributed by atoms with Gasteiger partial charge in [0.15, 0.2) is 0 Å². The molecule has 1 saturated carbocycles. The van der Waals surface area contributed by atoms with E-state index in [1.807, 2.05) is 44.2 Å². The zero-order valence-electron chi connectivity index (χ0n) is 13.9. The quantitative estimate of drug-likeness (QED) is 0.887. The minimum Gasteiger partial charge on any atom is -0.345 e. The molecule has 2 amide bonds. The van der Waals surface area contributed by atoms with Crippen LogP contribution in [0.25, 0.3) is 0 Å². The van der Waals surface area contributed by atoms with Crippen LogP contribution in [-0.2, 0) is 4.79 Å². The summed E-state index contributed by atoms with van der Waals surface area (Å²) in [5.74, 6) is 0.128. The molecule has 124 valence electrons. The molecule has 1 aliphatic carbocycles. The zero-order valence-corrected chi connectivity index (χ0v) is 13.9. The van der Waals surface area contributed by atoms with Crippen LogP contribution in [0.3, 0.4) is 0 Å². The number of nitrogens with one attached hydrogen (secondary N) is 2. The molecule has 2 N–H and O–H groups in total. The SMILES string of the molecule is Cc1ccc(C(=O)N[C@@H](C)c2ccc(NC(=O)C3CC3)cc2)cn1. The number of anilines is 1. The highest BCUT2D eigenvalue weighted by atomic mass is 16.2. The molecule has 1 fully saturated rings. The molecule has 0 spiro atoms. The number of carbonyl (C=O) groups excluding carboxylic acids is 2. The average Bonchev–Trinajstić information content (AvgIpc) is 3.41. The first-order valence-corrected chi connectivity index (χ1v) is 8.17. The van der Waals surface area contributed by atoms with Crippen LogP contribution in [0.4, 0.5) is 5.69 Å². The molecule has 1 heterocycles. The van der Waals surface area contributed by atoms with Crippen LogP contribution in [0.2, 0.25) is 0 Å². The van der Waals surface area contributed by atoms with E-state index in [0.717, 1.165) is 29.8 Å². The number of aryl methyl sites for hydroxylation is 1. The molecular formula is C19H21N3O2. The highest BCUT2D eigenvalue weighted by Gasteiger charge is 2.29. The number of amides is 2. The third-order valence-corrected chi connectivity index (χ3v) is 4.15. The lowest BCUT2D eigenvalue weighted by molar-refractivity contribution is -0.117. The molecule has 0 radical (unpaired) electrons. The Kier molecular flexibility index (Phi) is 4.60. The van der Waals surface area contributed by atoms with Crippen molar-refractivity contribution in [3.63, 3.8) is 0 Å². The molecule has 0 aliphatic heterocycles. The van der Waals surface area contributed by atoms with Gasteiger partial charge in [-0.15, -0.1) is 0 Å². The molecule has 24 heavy (non-hydrogen) atoms. The molecule has 5 heteroatoms. The van der Waals surface area contributed by atoms with E-state index in [0.29, 0.717) is 5.56 Å². The first-order valence-electron chi connectivity index (χ1n) is 8.17. The Morgan fingerprint density at radius 3 is 2.42 bits per heavy atom. The maximum atomic E-state index is 12.2. The van der Waals surface area contributed by atoms with E-state index in [1.54, 1.807) is 12.3 Å². The Bertz CT molecular complexity index is 734. The number of hydrogen-bond acceptors (Lipinski definition) is 3. The van der Waals surface area contributed by atoms with Crippen molar-refractivity contribution in [2.45, 2.75) is 32.7 Å². The van der Waals surface area contributed by atoms with E-state index in [-0.39, 0.29) is 23.8 Å². The summed E-state index contributed by atoms with van der Waals surface area (Å²) in [5, 5.41) is 5.86. The summed E-state index contributed by atoms with van der Waals surface area (Å²) in [4.78, 5) is 28.1. The molecule has 5 nitrogen and oxygen atoms in total. The van der Waals surface area contributed by atoms with Crippen LogP contribution in [0.15, 0.2) is 42.6 Å². The van der Waals surface area contributed by atoms with Gasteiger partial charge in [0.05, 0.1) is 11.6 Å². The summed E-state index contributed by atoms with van der Waals surface area (Å²) in [6.45, 7) is 3.81. The third kappa shape index (κ3) is 3.98. The summed E-state index contributed by atoms with van der Waals surface area (Å²) < 4.78 is 0. The molecule has 1 aromatic carbocycles.